The van der Waals surface area contributed by atoms with E-state index < -0.39 is 0 Å². The Labute approximate surface area is 609 Å². The molecule has 5 heterocycles. The summed E-state index contributed by atoms with van der Waals surface area (Å²) in [6.45, 7) is 22.8. The van der Waals surface area contributed by atoms with Crippen LogP contribution >= 0.6 is 0 Å². The van der Waals surface area contributed by atoms with E-state index in [0.717, 1.165) is 182 Å². The normalized spacial score (nSPS) is 12.3. The number of hydrogen-bond donors (Lipinski definition) is 0. The van der Waals surface area contributed by atoms with Gasteiger partial charge in [0.05, 0.1) is 79.2 Å². The second kappa shape index (κ2) is 29.9. The molecule has 11 aromatic rings. The number of hydrogen-bond acceptors (Lipinski definition) is 2. The third kappa shape index (κ3) is 16.9. The predicted molar refractivity (Wildman–Crippen MR) is 423 cm³/mol. The third-order valence-corrected chi connectivity index (χ3v) is 19.3. The molecule has 0 N–H and O–H groups in total. The van der Waals surface area contributed by atoms with Crippen LogP contribution in [0.1, 0.15) is 89.5 Å². The zero-order valence-corrected chi connectivity index (χ0v) is 60.7. The Morgan fingerprint density at radius 2 is 0.406 bits per heavy atom. The van der Waals surface area contributed by atoms with Gasteiger partial charge in [-0.05, 0) is 91.1 Å². The van der Waals surface area contributed by atoms with Crippen LogP contribution in [0.2, 0.25) is 0 Å². The van der Waals surface area contributed by atoms with Crippen molar-refractivity contribution < 1.29 is 35.0 Å². The van der Waals surface area contributed by atoms with Crippen molar-refractivity contribution in [2.24, 2.45) is 0 Å². The number of benzene rings is 8. The van der Waals surface area contributed by atoms with Crippen molar-refractivity contribution in [2.75, 3.05) is 56.4 Å². The quantitative estimate of drug-likeness (QED) is 0.0447. The molecule has 0 atom stereocenters. The maximum absolute atomic E-state index is 5.71. The second-order valence-corrected chi connectivity index (χ2v) is 29.9. The molecule has 1 radical (unpaired) electrons. The largest absolute Gasteiger partial charge is 2.00 e. The summed E-state index contributed by atoms with van der Waals surface area (Å²) in [6.07, 6.45) is 16.3. The fourth-order valence-corrected chi connectivity index (χ4v) is 14.6. The van der Waals surface area contributed by atoms with E-state index in [-0.39, 0.29) is 17.1 Å². The van der Waals surface area contributed by atoms with Crippen LogP contribution in [0, 0.1) is 0 Å². The van der Waals surface area contributed by atoms with Crippen LogP contribution in [0.25, 0.3) is 115 Å². The summed E-state index contributed by atoms with van der Waals surface area (Å²) in [5.74, 6) is 0. The minimum Gasteiger partial charge on any atom is -0.657 e. The van der Waals surface area contributed by atoms with Gasteiger partial charge in [0.1, 0.15) is 52.4 Å². The monoisotopic (exact) mass is 1370 g/mol. The molecule has 0 amide bonds. The van der Waals surface area contributed by atoms with Crippen molar-refractivity contribution in [3.63, 3.8) is 0 Å². The minimum atomic E-state index is 0. The average molecular weight is 1370 g/mol. The van der Waals surface area contributed by atoms with Gasteiger partial charge in [0.2, 0.25) is 0 Å². The Morgan fingerprint density at radius 3 is 0.564 bits per heavy atom. The van der Waals surface area contributed by atoms with Crippen molar-refractivity contribution in [3.05, 3.63) is 334 Å². The van der Waals surface area contributed by atoms with Gasteiger partial charge in [0.25, 0.3) is 0 Å². The van der Waals surface area contributed by atoms with Gasteiger partial charge in [-0.1, -0.05) is 269 Å². The van der Waals surface area contributed by atoms with Gasteiger partial charge in [-0.3, -0.25) is 0 Å². The molecule has 9 heteroatoms. The first-order valence-electron chi connectivity index (χ1n) is 34.7. The van der Waals surface area contributed by atoms with Gasteiger partial charge < -0.3 is 27.9 Å². The van der Waals surface area contributed by atoms with Gasteiger partial charge in [-0.25, -0.2) is 9.97 Å². The average Bonchev–Trinajstić information content (AvgIpc) is 1.56. The summed E-state index contributed by atoms with van der Waals surface area (Å²) in [7, 11) is 18.4. The van der Waals surface area contributed by atoms with Gasteiger partial charge in [-0.2, -0.15) is 0 Å². The van der Waals surface area contributed by atoms with Gasteiger partial charge in [0, 0.05) is 44.5 Å². The van der Waals surface area contributed by atoms with Gasteiger partial charge >= 0.3 is 17.1 Å². The number of quaternary nitrogens is 4. The number of rotatable bonds is 24. The molecular weight excluding hydrogens is 1280 g/mol. The van der Waals surface area contributed by atoms with Crippen LogP contribution < -0.4 is 9.97 Å². The number of fused-ring (bicyclic) bond motifs is 8. The molecule has 0 aliphatic carbocycles. The van der Waals surface area contributed by atoms with Gasteiger partial charge in [-0.15, -0.1) is 22.1 Å². The van der Waals surface area contributed by atoms with Crippen molar-refractivity contribution in [2.45, 2.75) is 52.4 Å². The first kappa shape index (κ1) is 70.5. The van der Waals surface area contributed by atoms with E-state index >= 15 is 0 Å². The van der Waals surface area contributed by atoms with E-state index in [1.165, 1.54) is 44.5 Å². The summed E-state index contributed by atoms with van der Waals surface area (Å²) >= 11 is 0. The van der Waals surface area contributed by atoms with Crippen LogP contribution in [0.5, 0.6) is 0 Å². The molecule has 0 saturated carbocycles. The number of nitrogens with zero attached hydrogens (tertiary/aromatic N) is 8. The van der Waals surface area contributed by atoms with E-state index in [9.17, 15) is 0 Å². The summed E-state index contributed by atoms with van der Waals surface area (Å²) in [5.41, 5.74) is 29.2. The maximum Gasteiger partial charge on any atom is 2.00 e. The Hall–Kier alpha value is -10.3. The standard InChI is InChI=1S/C92H92N8.Cu/c1-13-65-17-25-69(26-18-65)57-97(5,6)61-73-33-41-77(42-34-73)89-81-49-51-83(93-81)90(78-43-35-74(36-44-78)62-98(7,8)58-70-27-19-66(14-2)20-28-70)85-53-55-87(95-85)92(80-47-39-76(40-48-80)64-100(11,12)60-72-31-23-68(16-4)24-32-72)88-56-54-86(96-88)91(84-52-50-82(89)94-84)79-45-37-75(38-46-79)63-99(9,10)59-71-29-21-67(15-3)22-30-71;/h13-56H,1-4,57-64H2,5-12H3;/q2*+2. The van der Waals surface area contributed by atoms with Crippen molar-refractivity contribution >= 4 is 70.7 Å². The van der Waals surface area contributed by atoms with Crippen molar-refractivity contribution in [1.82, 2.24) is 19.9 Å². The molecular formula is C92H92CuN8+4. The molecule has 507 valence electrons. The summed E-state index contributed by atoms with van der Waals surface area (Å²) in [6, 6.07) is 79.9. The van der Waals surface area contributed by atoms with E-state index in [0.29, 0.717) is 0 Å². The van der Waals surface area contributed by atoms with Crippen LogP contribution in [-0.2, 0) is 69.4 Å². The van der Waals surface area contributed by atoms with E-state index in [4.69, 9.17) is 19.9 Å². The first-order chi connectivity index (χ1) is 48.2. The molecule has 0 saturated heterocycles. The second-order valence-electron chi connectivity index (χ2n) is 29.9. The Kier molecular flexibility index (Phi) is 20.9. The predicted octanol–water partition coefficient (Wildman–Crippen LogP) is 20.3. The molecule has 0 spiro atoms. The first-order valence-corrected chi connectivity index (χ1v) is 34.7. The SMILES string of the molecule is C=Cc1ccc(C[N+](C)(C)Cc2ccc(-c3c4nc(c(-c5ccc(C[N+](C)(C)Cc6ccc(C=C)cc6)cc5)c5ccc([n-]5)c(-c5ccc(C[N+](C)(C)Cc6ccc(C=C)cc6)cc5)c5nc(c(-c6ccc(C[N+](C)(C)Cc7ccc(C=C)cc7)cc6)c6ccc3[n-]6)C=C5)C=C4)cc2)cc1.[Cu+2]. The minimum absolute atomic E-state index is 0. The molecule has 101 heavy (non-hydrogen) atoms. The molecule has 13 rings (SSSR count). The van der Waals surface area contributed by atoms with E-state index in [1.807, 2.05) is 24.3 Å². The molecule has 8 aromatic carbocycles. The molecule has 8 nitrogen and oxygen atoms in total. The molecule has 2 aliphatic rings. The Morgan fingerprint density at radius 1 is 0.248 bits per heavy atom. The van der Waals surface area contributed by atoms with Crippen LogP contribution in [-0.4, -0.2) is 84.3 Å². The summed E-state index contributed by atoms with van der Waals surface area (Å²) in [4.78, 5) is 22.8. The summed E-state index contributed by atoms with van der Waals surface area (Å²) < 4.78 is 3.16. The number of aromatic nitrogens is 4. The van der Waals surface area contributed by atoms with Gasteiger partial charge in [0.15, 0.2) is 0 Å². The fourth-order valence-electron chi connectivity index (χ4n) is 14.6. The van der Waals surface area contributed by atoms with Crippen LogP contribution in [0.4, 0.5) is 0 Å². The third-order valence-electron chi connectivity index (χ3n) is 19.3. The van der Waals surface area contributed by atoms with Crippen LogP contribution in [0.3, 0.4) is 0 Å². The zero-order valence-electron chi connectivity index (χ0n) is 59.8. The summed E-state index contributed by atoms with van der Waals surface area (Å²) in [5, 5.41) is 0. The Bertz CT molecular complexity index is 4430. The maximum atomic E-state index is 5.71. The molecule has 0 fully saturated rings. The topological polar surface area (TPSA) is 54.0 Å². The van der Waals surface area contributed by atoms with E-state index in [2.05, 4.69) is 325 Å². The molecule has 8 bridgehead atoms. The van der Waals surface area contributed by atoms with Crippen LogP contribution in [0.15, 0.2) is 245 Å². The zero-order chi connectivity index (χ0) is 69.8. The van der Waals surface area contributed by atoms with Crippen molar-refractivity contribution in [1.29, 1.82) is 0 Å². The van der Waals surface area contributed by atoms with E-state index in [1.54, 1.807) is 0 Å². The molecule has 0 unspecified atom stereocenters. The molecule has 2 aliphatic heterocycles. The van der Waals surface area contributed by atoms with Crippen molar-refractivity contribution in [3.8, 4) is 44.5 Å². The smallest absolute Gasteiger partial charge is 0.657 e. The fraction of sp³-hybridized carbons (Fsp3) is 0.174. The molecule has 3 aromatic heterocycles. The Balaban J connectivity index is 0.00000965.